The van der Waals surface area contributed by atoms with Gasteiger partial charge in [-0.1, -0.05) is 0 Å². The van der Waals surface area contributed by atoms with Crippen molar-refractivity contribution >= 4 is 11.8 Å². The predicted octanol–water partition coefficient (Wildman–Crippen LogP) is 0.224. The molecule has 0 radical (unpaired) electrons. The minimum Gasteiger partial charge on any atom is -0.484 e. The molecule has 1 heterocycles. The first-order chi connectivity index (χ1) is 10.6. The molecular formula is C15H20FN3O3. The number of nitrogens with zero attached hydrogens (tertiary/aromatic N) is 2. The topological polar surface area (TPSA) is 75.9 Å². The van der Waals surface area contributed by atoms with Gasteiger partial charge in [0, 0.05) is 39.1 Å². The van der Waals surface area contributed by atoms with E-state index in [1.54, 1.807) is 9.80 Å². The molecule has 1 aromatic rings. The fraction of sp³-hybridized carbons (Fsp3) is 0.467. The van der Waals surface area contributed by atoms with Gasteiger partial charge in [-0.15, -0.1) is 0 Å². The van der Waals surface area contributed by atoms with Crippen LogP contribution in [-0.4, -0.2) is 60.9 Å². The molecule has 2 N–H and O–H groups in total. The largest absolute Gasteiger partial charge is 0.484 e. The Morgan fingerprint density at radius 3 is 2.14 bits per heavy atom. The number of nitrogens with two attached hydrogens (primary N) is 1. The van der Waals surface area contributed by atoms with Gasteiger partial charge in [0.1, 0.15) is 11.6 Å². The number of benzene rings is 1. The molecule has 2 amide bonds. The van der Waals surface area contributed by atoms with Crippen LogP contribution in [0.2, 0.25) is 0 Å². The van der Waals surface area contributed by atoms with Gasteiger partial charge in [-0.25, -0.2) is 4.39 Å². The van der Waals surface area contributed by atoms with Crippen LogP contribution < -0.4 is 10.5 Å². The maximum atomic E-state index is 12.8. The lowest BCUT2D eigenvalue weighted by atomic mass is 10.2. The lowest BCUT2D eigenvalue weighted by molar-refractivity contribution is -0.140. The van der Waals surface area contributed by atoms with Crippen molar-refractivity contribution in [3.05, 3.63) is 30.1 Å². The van der Waals surface area contributed by atoms with Crippen molar-refractivity contribution in [2.75, 3.05) is 39.3 Å². The Kier molecular flexibility index (Phi) is 5.71. The van der Waals surface area contributed by atoms with Crippen LogP contribution in [0.25, 0.3) is 0 Å². The van der Waals surface area contributed by atoms with Gasteiger partial charge >= 0.3 is 0 Å². The van der Waals surface area contributed by atoms with Crippen LogP contribution in [0.15, 0.2) is 24.3 Å². The van der Waals surface area contributed by atoms with E-state index in [0.717, 1.165) is 0 Å². The fourth-order valence-electron chi connectivity index (χ4n) is 2.25. The normalized spacial score (nSPS) is 14.8. The quantitative estimate of drug-likeness (QED) is 0.844. The number of hydrogen-bond donors (Lipinski definition) is 1. The smallest absolute Gasteiger partial charge is 0.260 e. The first kappa shape index (κ1) is 16.2. The minimum absolute atomic E-state index is 0.0251. The van der Waals surface area contributed by atoms with Gasteiger partial charge in [0.05, 0.1) is 0 Å². The van der Waals surface area contributed by atoms with Crippen molar-refractivity contribution in [3.8, 4) is 5.75 Å². The molecule has 0 aromatic heterocycles. The molecule has 0 saturated carbocycles. The van der Waals surface area contributed by atoms with E-state index < -0.39 is 0 Å². The van der Waals surface area contributed by atoms with Gasteiger partial charge in [-0.2, -0.15) is 0 Å². The number of amides is 2. The maximum absolute atomic E-state index is 12.8. The molecule has 1 aliphatic heterocycles. The third kappa shape index (κ3) is 4.42. The van der Waals surface area contributed by atoms with Crippen LogP contribution in [0.4, 0.5) is 4.39 Å². The Morgan fingerprint density at radius 2 is 1.59 bits per heavy atom. The first-order valence-electron chi connectivity index (χ1n) is 7.24. The SMILES string of the molecule is NCCC(=O)N1CCN(C(=O)COc2ccc(F)cc2)CC1. The number of halogens is 1. The first-order valence-corrected chi connectivity index (χ1v) is 7.24. The zero-order chi connectivity index (χ0) is 15.9. The summed E-state index contributed by atoms with van der Waals surface area (Å²) in [5, 5.41) is 0. The van der Waals surface area contributed by atoms with Crippen molar-refractivity contribution in [3.63, 3.8) is 0 Å². The summed E-state index contributed by atoms with van der Waals surface area (Å²) < 4.78 is 18.1. The Balaban J connectivity index is 1.75. The maximum Gasteiger partial charge on any atom is 0.260 e. The molecule has 1 fully saturated rings. The van der Waals surface area contributed by atoms with Gasteiger partial charge in [0.25, 0.3) is 5.91 Å². The third-order valence-electron chi connectivity index (χ3n) is 3.52. The average Bonchev–Trinajstić information content (AvgIpc) is 2.54. The van der Waals surface area contributed by atoms with Crippen molar-refractivity contribution in [2.45, 2.75) is 6.42 Å². The second-order valence-corrected chi connectivity index (χ2v) is 5.04. The van der Waals surface area contributed by atoms with Crippen LogP contribution in [0.1, 0.15) is 6.42 Å². The van der Waals surface area contributed by atoms with Gasteiger partial charge in [-0.3, -0.25) is 9.59 Å². The van der Waals surface area contributed by atoms with Crippen molar-refractivity contribution in [1.29, 1.82) is 0 Å². The van der Waals surface area contributed by atoms with E-state index in [0.29, 0.717) is 44.9 Å². The summed E-state index contributed by atoms with van der Waals surface area (Å²) >= 11 is 0. The highest BCUT2D eigenvalue weighted by Crippen LogP contribution is 2.11. The summed E-state index contributed by atoms with van der Waals surface area (Å²) in [6.07, 6.45) is 0.335. The number of hydrogen-bond acceptors (Lipinski definition) is 4. The molecule has 0 bridgehead atoms. The van der Waals surface area contributed by atoms with Crippen molar-refractivity contribution in [1.82, 2.24) is 9.80 Å². The molecule has 6 nitrogen and oxygen atoms in total. The Bertz CT molecular complexity index is 513. The van der Waals surface area contributed by atoms with Gasteiger partial charge in [0.15, 0.2) is 6.61 Å². The summed E-state index contributed by atoms with van der Waals surface area (Å²) in [4.78, 5) is 27.1. The van der Waals surface area contributed by atoms with Crippen LogP contribution in [0, 0.1) is 5.82 Å². The van der Waals surface area contributed by atoms with E-state index in [2.05, 4.69) is 0 Å². The van der Waals surface area contributed by atoms with E-state index in [9.17, 15) is 14.0 Å². The van der Waals surface area contributed by atoms with Crippen LogP contribution in [0.3, 0.4) is 0 Å². The number of rotatable bonds is 5. The molecule has 0 atom stereocenters. The number of carbonyl (C=O) groups excluding carboxylic acids is 2. The molecule has 22 heavy (non-hydrogen) atoms. The van der Waals surface area contributed by atoms with Crippen molar-refractivity contribution in [2.24, 2.45) is 5.73 Å². The highest BCUT2D eigenvalue weighted by Gasteiger charge is 2.23. The molecule has 0 unspecified atom stereocenters. The molecule has 0 spiro atoms. The highest BCUT2D eigenvalue weighted by atomic mass is 19.1. The summed E-state index contributed by atoms with van der Waals surface area (Å²) in [6, 6.07) is 5.52. The number of carbonyl (C=O) groups is 2. The Hall–Kier alpha value is -2.15. The monoisotopic (exact) mass is 309 g/mol. The molecule has 2 rings (SSSR count). The lowest BCUT2D eigenvalue weighted by Crippen LogP contribution is -2.51. The van der Waals surface area contributed by atoms with E-state index in [1.165, 1.54) is 24.3 Å². The number of ether oxygens (including phenoxy) is 1. The zero-order valence-corrected chi connectivity index (χ0v) is 12.3. The summed E-state index contributed by atoms with van der Waals surface area (Å²) in [5.74, 6) is -0.0177. The standard InChI is InChI=1S/C15H20FN3O3/c16-12-1-3-13(4-2-12)22-11-15(21)19-9-7-18(8-10-19)14(20)5-6-17/h1-4H,5-11,17H2. The molecule has 1 aromatic carbocycles. The molecule has 1 saturated heterocycles. The Labute approximate surface area is 128 Å². The summed E-state index contributed by atoms with van der Waals surface area (Å²) in [6.45, 7) is 2.25. The van der Waals surface area contributed by atoms with Crippen LogP contribution >= 0.6 is 0 Å². The molecule has 1 aliphatic rings. The molecule has 7 heteroatoms. The lowest BCUT2D eigenvalue weighted by Gasteiger charge is -2.34. The average molecular weight is 309 g/mol. The van der Waals surface area contributed by atoms with E-state index in [-0.39, 0.29) is 24.2 Å². The van der Waals surface area contributed by atoms with E-state index in [1.807, 2.05) is 0 Å². The van der Waals surface area contributed by atoms with Gasteiger partial charge in [-0.05, 0) is 24.3 Å². The van der Waals surface area contributed by atoms with Crippen LogP contribution in [-0.2, 0) is 9.59 Å². The molecule has 0 aliphatic carbocycles. The molecule has 120 valence electrons. The summed E-state index contributed by atoms with van der Waals surface area (Å²) in [5.41, 5.74) is 5.36. The predicted molar refractivity (Wildman–Crippen MR) is 78.7 cm³/mol. The second-order valence-electron chi connectivity index (χ2n) is 5.04. The van der Waals surface area contributed by atoms with E-state index in [4.69, 9.17) is 10.5 Å². The highest BCUT2D eigenvalue weighted by molar-refractivity contribution is 5.79. The number of piperazine rings is 1. The summed E-state index contributed by atoms with van der Waals surface area (Å²) in [7, 11) is 0. The zero-order valence-electron chi connectivity index (χ0n) is 12.3. The minimum atomic E-state index is -0.350. The third-order valence-corrected chi connectivity index (χ3v) is 3.52. The fourth-order valence-corrected chi connectivity index (χ4v) is 2.25. The van der Waals surface area contributed by atoms with Crippen molar-refractivity contribution < 1.29 is 18.7 Å². The van der Waals surface area contributed by atoms with Gasteiger partial charge in [0.2, 0.25) is 5.91 Å². The van der Waals surface area contributed by atoms with E-state index >= 15 is 0 Å². The van der Waals surface area contributed by atoms with Gasteiger partial charge < -0.3 is 20.3 Å². The second kappa shape index (κ2) is 7.74. The Morgan fingerprint density at radius 1 is 1.05 bits per heavy atom. The molecular weight excluding hydrogens is 289 g/mol. The van der Waals surface area contributed by atoms with Crippen LogP contribution in [0.5, 0.6) is 5.75 Å².